The van der Waals surface area contributed by atoms with Crippen molar-refractivity contribution in [1.82, 2.24) is 0 Å². The second-order valence-corrected chi connectivity index (χ2v) is 6.72. The van der Waals surface area contributed by atoms with Gasteiger partial charge in [0.25, 0.3) is 0 Å². The lowest BCUT2D eigenvalue weighted by Gasteiger charge is -2.12. The van der Waals surface area contributed by atoms with Crippen molar-refractivity contribution in [1.29, 1.82) is 0 Å². The van der Waals surface area contributed by atoms with Crippen molar-refractivity contribution in [3.8, 4) is 0 Å². The number of rotatable bonds is 3. The molecule has 1 N–H and O–H groups in total. The van der Waals surface area contributed by atoms with E-state index in [1.165, 1.54) is 10.5 Å². The van der Waals surface area contributed by atoms with Crippen LogP contribution in [-0.4, -0.2) is 11.8 Å². The molecule has 0 bridgehead atoms. The number of halogens is 2. The third kappa shape index (κ3) is 3.02. The van der Waals surface area contributed by atoms with Crippen molar-refractivity contribution in [2.24, 2.45) is 0 Å². The first-order chi connectivity index (χ1) is 9.22. The maximum absolute atomic E-state index is 6.01. The van der Waals surface area contributed by atoms with Crippen molar-refractivity contribution in [2.75, 3.05) is 11.9 Å². The minimum atomic E-state index is 0.576. The molecule has 0 saturated heterocycles. The number of nitrogens with one attached hydrogen (secondary N) is 1. The highest BCUT2D eigenvalue weighted by Crippen LogP contribution is 2.36. The van der Waals surface area contributed by atoms with Crippen LogP contribution in [0.25, 0.3) is 0 Å². The third-order valence-corrected chi connectivity index (χ3v) is 5.23. The Morgan fingerprint density at radius 2 is 1.95 bits per heavy atom. The number of fused-ring (bicyclic) bond motifs is 1. The molecule has 1 aliphatic heterocycles. The summed E-state index contributed by atoms with van der Waals surface area (Å²) in [6.45, 7) is 0.928. The molecule has 0 aromatic heterocycles. The second kappa shape index (κ2) is 5.66. The Balaban J connectivity index is 1.61. The zero-order valence-electron chi connectivity index (χ0n) is 10.2. The number of hydrogen-bond acceptors (Lipinski definition) is 2. The van der Waals surface area contributed by atoms with Crippen LogP contribution in [0.15, 0.2) is 47.4 Å². The van der Waals surface area contributed by atoms with E-state index in [4.69, 9.17) is 23.2 Å². The van der Waals surface area contributed by atoms with Crippen molar-refractivity contribution >= 4 is 40.7 Å². The van der Waals surface area contributed by atoms with Crippen molar-refractivity contribution in [3.63, 3.8) is 0 Å². The molecule has 1 atom stereocenters. The summed E-state index contributed by atoms with van der Waals surface area (Å²) in [6, 6.07) is 14.3. The minimum absolute atomic E-state index is 0.576. The summed E-state index contributed by atoms with van der Waals surface area (Å²) < 4.78 is 0. The highest BCUT2D eigenvalue weighted by molar-refractivity contribution is 8.00. The van der Waals surface area contributed by atoms with Crippen LogP contribution >= 0.6 is 35.0 Å². The van der Waals surface area contributed by atoms with Gasteiger partial charge in [-0.1, -0.05) is 41.4 Å². The predicted molar refractivity (Wildman–Crippen MR) is 84.7 cm³/mol. The number of benzene rings is 2. The van der Waals surface area contributed by atoms with Gasteiger partial charge >= 0.3 is 0 Å². The topological polar surface area (TPSA) is 12.0 Å². The molecule has 3 rings (SSSR count). The van der Waals surface area contributed by atoms with E-state index in [2.05, 4.69) is 29.6 Å². The molecule has 98 valence electrons. The molecule has 4 heteroatoms. The Labute approximate surface area is 127 Å². The number of anilines is 1. The van der Waals surface area contributed by atoms with Gasteiger partial charge in [0.1, 0.15) is 0 Å². The van der Waals surface area contributed by atoms with Crippen molar-refractivity contribution in [2.45, 2.75) is 16.6 Å². The van der Waals surface area contributed by atoms with Gasteiger partial charge in [-0.2, -0.15) is 0 Å². The summed E-state index contributed by atoms with van der Waals surface area (Å²) in [5, 5.41) is 5.19. The van der Waals surface area contributed by atoms with Gasteiger partial charge in [0.15, 0.2) is 0 Å². The van der Waals surface area contributed by atoms with Crippen LogP contribution in [0.1, 0.15) is 5.56 Å². The van der Waals surface area contributed by atoms with E-state index < -0.39 is 0 Å². The fourth-order valence-electron chi connectivity index (χ4n) is 2.21. The summed E-state index contributed by atoms with van der Waals surface area (Å²) in [4.78, 5) is 1.41. The molecule has 0 saturated carbocycles. The SMILES string of the molecule is Clc1ccc(NCC2Cc3ccccc3S2)cc1Cl. The zero-order chi connectivity index (χ0) is 13.2. The third-order valence-electron chi connectivity index (χ3n) is 3.17. The summed E-state index contributed by atoms with van der Waals surface area (Å²) >= 11 is 13.9. The van der Waals surface area contributed by atoms with E-state index in [9.17, 15) is 0 Å². The molecule has 1 aliphatic rings. The monoisotopic (exact) mass is 309 g/mol. The molecule has 2 aromatic rings. The smallest absolute Gasteiger partial charge is 0.0612 e. The van der Waals surface area contributed by atoms with Gasteiger partial charge in [-0.25, -0.2) is 0 Å². The Kier molecular flexibility index (Phi) is 3.92. The zero-order valence-corrected chi connectivity index (χ0v) is 12.5. The Morgan fingerprint density at radius 3 is 2.74 bits per heavy atom. The molecule has 0 radical (unpaired) electrons. The maximum atomic E-state index is 6.01. The van der Waals surface area contributed by atoms with E-state index in [1.807, 2.05) is 30.0 Å². The Bertz CT molecular complexity index is 575. The molecule has 1 heterocycles. The Morgan fingerprint density at radius 1 is 1.11 bits per heavy atom. The summed E-state index contributed by atoms with van der Waals surface area (Å²) in [7, 11) is 0. The highest BCUT2D eigenvalue weighted by Gasteiger charge is 2.21. The summed E-state index contributed by atoms with van der Waals surface area (Å²) in [5.74, 6) is 0. The molecule has 2 aromatic carbocycles. The van der Waals surface area contributed by atoms with E-state index >= 15 is 0 Å². The molecule has 19 heavy (non-hydrogen) atoms. The van der Waals surface area contributed by atoms with Gasteiger partial charge in [-0.05, 0) is 36.2 Å². The molecular formula is C15H13Cl2NS. The molecule has 0 spiro atoms. The largest absolute Gasteiger partial charge is 0.384 e. The normalized spacial score (nSPS) is 17.3. The van der Waals surface area contributed by atoms with Gasteiger partial charge in [-0.15, -0.1) is 11.8 Å². The van der Waals surface area contributed by atoms with E-state index in [0.29, 0.717) is 15.3 Å². The average molecular weight is 310 g/mol. The second-order valence-electron chi connectivity index (χ2n) is 4.56. The predicted octanol–water partition coefficient (Wildman–Crippen LogP) is 5.12. The van der Waals surface area contributed by atoms with Crippen LogP contribution in [0.5, 0.6) is 0 Å². The number of hydrogen-bond donors (Lipinski definition) is 1. The van der Waals surface area contributed by atoms with Gasteiger partial charge < -0.3 is 5.32 Å². The molecule has 0 amide bonds. The summed E-state index contributed by atoms with van der Waals surface area (Å²) in [6.07, 6.45) is 1.12. The van der Waals surface area contributed by atoms with E-state index in [0.717, 1.165) is 18.7 Å². The van der Waals surface area contributed by atoms with Crippen molar-refractivity contribution < 1.29 is 0 Å². The Hall–Kier alpha value is -0.830. The fraction of sp³-hybridized carbons (Fsp3) is 0.200. The first-order valence-corrected chi connectivity index (χ1v) is 7.79. The fourth-order valence-corrected chi connectivity index (χ4v) is 3.75. The van der Waals surface area contributed by atoms with E-state index in [1.54, 1.807) is 0 Å². The lowest BCUT2D eigenvalue weighted by molar-refractivity contribution is 0.899. The van der Waals surface area contributed by atoms with E-state index in [-0.39, 0.29) is 0 Å². The lowest BCUT2D eigenvalue weighted by atomic mass is 10.1. The highest BCUT2D eigenvalue weighted by atomic mass is 35.5. The maximum Gasteiger partial charge on any atom is 0.0612 e. The quantitative estimate of drug-likeness (QED) is 0.844. The molecule has 0 fully saturated rings. The molecular weight excluding hydrogens is 297 g/mol. The molecule has 1 unspecified atom stereocenters. The van der Waals surface area contributed by atoms with Gasteiger partial charge in [0, 0.05) is 22.4 Å². The first kappa shape index (κ1) is 13.2. The van der Waals surface area contributed by atoms with Crippen LogP contribution < -0.4 is 5.32 Å². The molecule has 1 nitrogen and oxygen atoms in total. The van der Waals surface area contributed by atoms with Crippen LogP contribution in [0, 0.1) is 0 Å². The lowest BCUT2D eigenvalue weighted by Crippen LogP contribution is -2.15. The van der Waals surface area contributed by atoms with Gasteiger partial charge in [0.05, 0.1) is 10.0 Å². The number of thioether (sulfide) groups is 1. The van der Waals surface area contributed by atoms with Crippen molar-refractivity contribution in [3.05, 3.63) is 58.1 Å². The van der Waals surface area contributed by atoms with Crippen LogP contribution in [0.2, 0.25) is 10.0 Å². The van der Waals surface area contributed by atoms with Crippen LogP contribution in [0.4, 0.5) is 5.69 Å². The average Bonchev–Trinajstić information content (AvgIpc) is 2.83. The van der Waals surface area contributed by atoms with Gasteiger partial charge in [-0.3, -0.25) is 0 Å². The van der Waals surface area contributed by atoms with Crippen LogP contribution in [0.3, 0.4) is 0 Å². The van der Waals surface area contributed by atoms with Gasteiger partial charge in [0.2, 0.25) is 0 Å². The standard InChI is InChI=1S/C15H13Cl2NS/c16-13-6-5-11(8-14(13)17)18-9-12-7-10-3-1-2-4-15(10)19-12/h1-6,8,12,18H,7,9H2. The van der Waals surface area contributed by atoms with Crippen LogP contribution in [-0.2, 0) is 6.42 Å². The summed E-state index contributed by atoms with van der Waals surface area (Å²) in [5.41, 5.74) is 2.47. The molecule has 0 aliphatic carbocycles. The minimum Gasteiger partial charge on any atom is -0.384 e. The first-order valence-electron chi connectivity index (χ1n) is 6.16.